The van der Waals surface area contributed by atoms with Crippen LogP contribution in [-0.2, 0) is 16.1 Å². The van der Waals surface area contributed by atoms with Crippen LogP contribution in [0.25, 0.3) is 0 Å². The van der Waals surface area contributed by atoms with Gasteiger partial charge in [-0.05, 0) is 81.5 Å². The number of benzene rings is 3. The van der Waals surface area contributed by atoms with Crippen molar-refractivity contribution in [2.24, 2.45) is 10.4 Å². The van der Waals surface area contributed by atoms with Crippen LogP contribution in [0.4, 0.5) is 8.78 Å². The number of ether oxygens (including phenoxy) is 5. The van der Waals surface area contributed by atoms with Gasteiger partial charge in [0.25, 0.3) is 5.88 Å². The first-order chi connectivity index (χ1) is 24.7. The van der Waals surface area contributed by atoms with E-state index in [2.05, 4.69) is 9.98 Å². The molecule has 3 saturated carbocycles. The van der Waals surface area contributed by atoms with Gasteiger partial charge < -0.3 is 23.7 Å². The van der Waals surface area contributed by atoms with Gasteiger partial charge in [0, 0.05) is 24.4 Å². The number of rotatable bonds is 11. The van der Waals surface area contributed by atoms with Crippen LogP contribution in [-0.4, -0.2) is 48.4 Å². The molecule has 1 aromatic heterocycles. The summed E-state index contributed by atoms with van der Waals surface area (Å²) in [7, 11) is 3.32. The van der Waals surface area contributed by atoms with Crippen molar-refractivity contribution in [3.05, 3.63) is 101 Å². The van der Waals surface area contributed by atoms with E-state index >= 15 is 8.78 Å². The fourth-order valence-electron chi connectivity index (χ4n) is 7.09. The van der Waals surface area contributed by atoms with Gasteiger partial charge in [0.05, 0.1) is 30.4 Å². The summed E-state index contributed by atoms with van der Waals surface area (Å²) in [4.78, 5) is 22.9. The zero-order valence-electron chi connectivity index (χ0n) is 28.2. The van der Waals surface area contributed by atoms with Gasteiger partial charge in [0.1, 0.15) is 29.9 Å². The number of methoxy groups -OCH3 is 1. The van der Waals surface area contributed by atoms with Crippen LogP contribution in [0.2, 0.25) is 0 Å². The van der Waals surface area contributed by atoms with Crippen molar-refractivity contribution < 1.29 is 37.3 Å². The van der Waals surface area contributed by atoms with E-state index < -0.39 is 40.4 Å². The molecule has 2 bridgehead atoms. The van der Waals surface area contributed by atoms with Gasteiger partial charge >= 0.3 is 5.97 Å². The molecule has 1 unspecified atom stereocenters. The summed E-state index contributed by atoms with van der Waals surface area (Å²) in [6.45, 7) is 0.758. The second-order valence-corrected chi connectivity index (χ2v) is 13.2. The highest BCUT2D eigenvalue weighted by Gasteiger charge is 2.54. The van der Waals surface area contributed by atoms with Crippen molar-refractivity contribution >= 4 is 12.2 Å². The van der Waals surface area contributed by atoms with Crippen molar-refractivity contribution in [2.75, 3.05) is 20.7 Å². The molecule has 0 spiro atoms. The zero-order chi connectivity index (χ0) is 35.6. The van der Waals surface area contributed by atoms with E-state index in [0.29, 0.717) is 56.4 Å². The van der Waals surface area contributed by atoms with Crippen LogP contribution in [0.1, 0.15) is 61.4 Å². The molecule has 51 heavy (non-hydrogen) atoms. The first kappa shape index (κ1) is 33.9. The van der Waals surface area contributed by atoms with Crippen LogP contribution in [0.3, 0.4) is 0 Å². The first-order valence-corrected chi connectivity index (χ1v) is 16.8. The third kappa shape index (κ3) is 6.81. The Bertz CT molecular complexity index is 1990. The number of nitriles is 1. The molecule has 8 rings (SSSR count). The molecule has 262 valence electrons. The molecule has 0 N–H and O–H groups in total. The normalized spacial score (nSPS) is 22.3. The van der Waals surface area contributed by atoms with E-state index in [0.717, 1.165) is 11.8 Å². The predicted octanol–water partition coefficient (Wildman–Crippen LogP) is 8.05. The quantitative estimate of drug-likeness (QED) is 0.144. The van der Waals surface area contributed by atoms with Crippen molar-refractivity contribution in [3.8, 4) is 40.7 Å². The summed E-state index contributed by atoms with van der Waals surface area (Å²) in [5.41, 5.74) is 0.805. The van der Waals surface area contributed by atoms with Crippen molar-refractivity contribution in [1.82, 2.24) is 9.88 Å². The first-order valence-electron chi connectivity index (χ1n) is 16.8. The van der Waals surface area contributed by atoms with E-state index in [4.69, 9.17) is 23.7 Å². The lowest BCUT2D eigenvalue weighted by molar-refractivity contribution is -0.166. The maximum atomic E-state index is 16.1. The number of aliphatic imine (C=N–C) groups is 1. The number of carbonyl (C=O) groups is 1. The number of pyridine rings is 1. The molecule has 12 heteroatoms. The molecule has 1 atom stereocenters. The number of hydrogen-bond donors (Lipinski definition) is 0. The minimum atomic E-state index is -1.18. The summed E-state index contributed by atoms with van der Waals surface area (Å²) in [6, 6.07) is 21.0. The molecule has 3 aromatic carbocycles. The average molecular weight is 695 g/mol. The maximum absolute atomic E-state index is 16.1. The van der Waals surface area contributed by atoms with Crippen LogP contribution < -0.4 is 18.9 Å². The lowest BCUT2D eigenvalue weighted by Crippen LogP contribution is -2.52. The number of aromatic nitrogens is 1. The number of hydrogen-bond acceptors (Lipinski definition) is 10. The summed E-state index contributed by atoms with van der Waals surface area (Å²) in [5.74, 6) is -2.68. The fraction of sp³-hybridized carbons (Fsp3) is 0.333. The lowest BCUT2D eigenvalue weighted by atomic mass is 9.58. The topological polar surface area (TPSA) is 116 Å². The van der Waals surface area contributed by atoms with Crippen LogP contribution in [0.5, 0.6) is 34.6 Å². The summed E-state index contributed by atoms with van der Waals surface area (Å²) >= 11 is 0. The zero-order valence-corrected chi connectivity index (χ0v) is 28.2. The monoisotopic (exact) mass is 694 g/mol. The third-order valence-electron chi connectivity index (χ3n) is 10.1. The molecule has 0 radical (unpaired) electrons. The molecule has 3 fully saturated rings. The third-order valence-corrected chi connectivity index (χ3v) is 10.1. The Morgan fingerprint density at radius 1 is 0.961 bits per heavy atom. The fourth-order valence-corrected chi connectivity index (χ4v) is 7.09. The van der Waals surface area contributed by atoms with Gasteiger partial charge in [-0.3, -0.25) is 14.7 Å². The van der Waals surface area contributed by atoms with Gasteiger partial charge in [-0.15, -0.1) is 0 Å². The lowest BCUT2D eigenvalue weighted by Gasteiger charge is -2.51. The molecule has 10 nitrogen and oxygen atoms in total. The second-order valence-electron chi connectivity index (χ2n) is 13.2. The Morgan fingerprint density at radius 2 is 1.71 bits per heavy atom. The Balaban J connectivity index is 1.16. The standard InChI is InChI=1S/C39H36F2N4O6/c1-45-19-18-43-35(45)28-21-27(51-39-15-12-38(13-16-39,14-17-39)37(46)47-2)9-11-30(28)49-34-29(40)23-44-36(33(34)41)50-32-20-26(22-42)8-10-31(32)48-24-25-6-4-3-5-7-25/h3-11,18,20-21,23,35H,12-17,19,24H2,1-2H3. The van der Waals surface area contributed by atoms with E-state index in [9.17, 15) is 10.1 Å². The van der Waals surface area contributed by atoms with E-state index in [-0.39, 0.29) is 35.4 Å². The molecular formula is C39H36F2N4O6. The second kappa shape index (κ2) is 14.0. The average Bonchev–Trinajstić information content (AvgIpc) is 3.60. The minimum absolute atomic E-state index is 0.0201. The molecular weight excluding hydrogens is 658 g/mol. The Kier molecular flexibility index (Phi) is 9.31. The van der Waals surface area contributed by atoms with Gasteiger partial charge in [0.15, 0.2) is 17.3 Å². The summed E-state index contributed by atoms with van der Waals surface area (Å²) < 4.78 is 60.9. The number of carbonyl (C=O) groups excluding carboxylic acids is 1. The Morgan fingerprint density at radius 3 is 2.39 bits per heavy atom. The Labute approximate surface area is 294 Å². The number of halogens is 2. The van der Waals surface area contributed by atoms with Gasteiger partial charge in [0.2, 0.25) is 11.6 Å². The molecule has 4 aliphatic rings. The van der Waals surface area contributed by atoms with E-state index in [1.165, 1.54) is 13.2 Å². The molecule has 0 amide bonds. The smallest absolute Gasteiger partial charge is 0.311 e. The molecule has 1 aliphatic heterocycles. The highest BCUT2D eigenvalue weighted by molar-refractivity contribution is 5.77. The molecule has 0 saturated heterocycles. The van der Waals surface area contributed by atoms with E-state index in [1.807, 2.05) is 48.3 Å². The van der Waals surface area contributed by atoms with Crippen LogP contribution in [0, 0.1) is 28.4 Å². The summed E-state index contributed by atoms with van der Waals surface area (Å²) in [6.07, 6.45) is 6.29. The highest BCUT2D eigenvalue weighted by atomic mass is 19.1. The van der Waals surface area contributed by atoms with Crippen LogP contribution in [0.15, 0.2) is 77.9 Å². The Hall–Kier alpha value is -5.54. The SMILES string of the molecule is COC(=O)C12CCC(Oc3ccc(Oc4c(F)cnc(Oc5cc(C#N)ccc5OCc5ccccc5)c4F)c(C4N=CCN4C)c3)(CC1)CC2. The molecule has 3 aliphatic carbocycles. The molecule has 4 aromatic rings. The van der Waals surface area contributed by atoms with Crippen molar-refractivity contribution in [3.63, 3.8) is 0 Å². The van der Waals surface area contributed by atoms with Crippen LogP contribution >= 0.6 is 0 Å². The largest absolute Gasteiger partial charge is 0.487 e. The van der Waals surface area contributed by atoms with Gasteiger partial charge in [-0.25, -0.2) is 9.37 Å². The van der Waals surface area contributed by atoms with E-state index in [1.54, 1.807) is 36.5 Å². The minimum Gasteiger partial charge on any atom is -0.487 e. The summed E-state index contributed by atoms with van der Waals surface area (Å²) in [5, 5.41) is 9.50. The van der Waals surface area contributed by atoms with Crippen molar-refractivity contribution in [2.45, 2.75) is 56.9 Å². The van der Waals surface area contributed by atoms with Gasteiger partial charge in [-0.2, -0.15) is 9.65 Å². The number of esters is 1. The highest BCUT2D eigenvalue weighted by Crippen LogP contribution is 2.55. The van der Waals surface area contributed by atoms with Gasteiger partial charge in [-0.1, -0.05) is 30.3 Å². The van der Waals surface area contributed by atoms with Crippen molar-refractivity contribution in [1.29, 1.82) is 5.26 Å². The molecule has 2 heterocycles. The number of nitrogens with zero attached hydrogens (tertiary/aromatic N) is 4. The maximum Gasteiger partial charge on any atom is 0.311 e. The number of fused-ring (bicyclic) bond motifs is 3. The predicted molar refractivity (Wildman–Crippen MR) is 182 cm³/mol.